The third-order valence-electron chi connectivity index (χ3n) is 3.23. The molecule has 1 aliphatic rings. The van der Waals surface area contributed by atoms with Gasteiger partial charge in [0.05, 0.1) is 24.3 Å². The number of H-pyrrole nitrogens is 1. The van der Waals surface area contributed by atoms with Crippen LogP contribution in [0.25, 0.3) is 11.4 Å². The highest BCUT2D eigenvalue weighted by Crippen LogP contribution is 2.33. The molecule has 4 nitrogen and oxygen atoms in total. The quantitative estimate of drug-likeness (QED) is 0.888. The lowest BCUT2D eigenvalue weighted by atomic mass is 10.1. The Kier molecular flexibility index (Phi) is 2.81. The normalized spacial score (nSPS) is 16.5. The number of aromatic nitrogens is 4. The summed E-state index contributed by atoms with van der Waals surface area (Å²) in [6, 6.07) is 0. The summed E-state index contributed by atoms with van der Waals surface area (Å²) in [4.78, 5) is 16.0. The summed E-state index contributed by atoms with van der Waals surface area (Å²) in [6.07, 6.45) is 10.1. The first kappa shape index (κ1) is 10.7. The second kappa shape index (κ2) is 4.45. The molecule has 0 amide bonds. The van der Waals surface area contributed by atoms with E-state index in [1.165, 1.54) is 25.7 Å². The maximum atomic E-state index is 5.71. The number of halogens is 1. The fourth-order valence-corrected chi connectivity index (χ4v) is 2.42. The minimum Gasteiger partial charge on any atom is -0.340 e. The van der Waals surface area contributed by atoms with Crippen LogP contribution >= 0.6 is 11.6 Å². The number of rotatable bonds is 2. The lowest BCUT2D eigenvalue weighted by molar-refractivity contribution is 0.679. The van der Waals surface area contributed by atoms with Crippen molar-refractivity contribution in [3.8, 4) is 11.4 Å². The summed E-state index contributed by atoms with van der Waals surface area (Å²) < 4.78 is 0. The first-order valence-corrected chi connectivity index (χ1v) is 6.23. The van der Waals surface area contributed by atoms with Crippen molar-refractivity contribution in [1.82, 2.24) is 19.9 Å². The van der Waals surface area contributed by atoms with Gasteiger partial charge in [0, 0.05) is 5.92 Å². The van der Waals surface area contributed by atoms with Gasteiger partial charge in [0.2, 0.25) is 0 Å². The predicted molar refractivity (Wildman–Crippen MR) is 65.8 cm³/mol. The Morgan fingerprint density at radius 3 is 2.59 bits per heavy atom. The van der Waals surface area contributed by atoms with Crippen LogP contribution in [0.2, 0.25) is 5.15 Å². The van der Waals surface area contributed by atoms with Gasteiger partial charge in [0.25, 0.3) is 0 Å². The summed E-state index contributed by atoms with van der Waals surface area (Å²) in [6.45, 7) is 0. The fourth-order valence-electron chi connectivity index (χ4n) is 2.32. The molecule has 0 radical (unpaired) electrons. The molecule has 0 atom stereocenters. The second-order valence-corrected chi connectivity index (χ2v) is 4.78. The smallest absolute Gasteiger partial charge is 0.147 e. The van der Waals surface area contributed by atoms with Gasteiger partial charge in [0.15, 0.2) is 0 Å². The molecule has 17 heavy (non-hydrogen) atoms. The lowest BCUT2D eigenvalue weighted by Gasteiger charge is -2.03. The summed E-state index contributed by atoms with van der Waals surface area (Å²) in [5, 5.41) is 0.407. The Balaban J connectivity index is 1.86. The van der Waals surface area contributed by atoms with Crippen LogP contribution in [0, 0.1) is 0 Å². The molecule has 1 saturated carbocycles. The topological polar surface area (TPSA) is 54.5 Å². The van der Waals surface area contributed by atoms with Crippen molar-refractivity contribution in [3.05, 3.63) is 29.6 Å². The first-order valence-electron chi connectivity index (χ1n) is 5.86. The van der Waals surface area contributed by atoms with Crippen molar-refractivity contribution in [1.29, 1.82) is 0 Å². The zero-order valence-electron chi connectivity index (χ0n) is 9.36. The third-order valence-corrected chi connectivity index (χ3v) is 3.43. The van der Waals surface area contributed by atoms with E-state index < -0.39 is 0 Å². The molecule has 0 aliphatic heterocycles. The van der Waals surface area contributed by atoms with Crippen LogP contribution in [0.15, 0.2) is 18.6 Å². The highest BCUT2D eigenvalue weighted by molar-refractivity contribution is 6.29. The maximum Gasteiger partial charge on any atom is 0.147 e. The van der Waals surface area contributed by atoms with Gasteiger partial charge in [-0.25, -0.2) is 15.0 Å². The molecule has 0 spiro atoms. The predicted octanol–water partition coefficient (Wildman–Crippen LogP) is 3.18. The van der Waals surface area contributed by atoms with Crippen molar-refractivity contribution >= 4 is 11.6 Å². The minimum atomic E-state index is 0.407. The number of nitrogens with zero attached hydrogens (tertiary/aromatic N) is 3. The summed E-state index contributed by atoms with van der Waals surface area (Å²) >= 11 is 5.71. The Hall–Kier alpha value is -1.42. The molecule has 2 heterocycles. The molecule has 2 aromatic heterocycles. The Morgan fingerprint density at radius 2 is 1.88 bits per heavy atom. The highest BCUT2D eigenvalue weighted by atomic mass is 35.5. The number of nitrogens with one attached hydrogen (secondary N) is 1. The van der Waals surface area contributed by atoms with Gasteiger partial charge in [-0.1, -0.05) is 24.4 Å². The molecule has 1 N–H and O–H groups in total. The molecule has 3 rings (SSSR count). The Morgan fingerprint density at radius 1 is 1.06 bits per heavy atom. The van der Waals surface area contributed by atoms with Crippen LogP contribution in [0.5, 0.6) is 0 Å². The Labute approximate surface area is 104 Å². The van der Waals surface area contributed by atoms with E-state index in [0.717, 1.165) is 17.2 Å². The van der Waals surface area contributed by atoms with E-state index in [-0.39, 0.29) is 0 Å². The largest absolute Gasteiger partial charge is 0.340 e. The van der Waals surface area contributed by atoms with Crippen LogP contribution in [-0.2, 0) is 0 Å². The zero-order valence-corrected chi connectivity index (χ0v) is 10.1. The second-order valence-electron chi connectivity index (χ2n) is 4.39. The molecule has 5 heteroatoms. The average molecular weight is 249 g/mol. The molecular formula is C12H13ClN4. The zero-order chi connectivity index (χ0) is 11.7. The van der Waals surface area contributed by atoms with Gasteiger partial charge in [-0.15, -0.1) is 0 Å². The molecule has 0 unspecified atom stereocenters. The van der Waals surface area contributed by atoms with Crippen LogP contribution in [0.1, 0.15) is 37.4 Å². The van der Waals surface area contributed by atoms with Gasteiger partial charge < -0.3 is 4.98 Å². The molecule has 0 bridgehead atoms. The van der Waals surface area contributed by atoms with Gasteiger partial charge >= 0.3 is 0 Å². The summed E-state index contributed by atoms with van der Waals surface area (Å²) in [5.41, 5.74) is 1.70. The molecule has 2 aromatic rings. The molecular weight excluding hydrogens is 236 g/mol. The van der Waals surface area contributed by atoms with E-state index in [1.54, 1.807) is 12.4 Å². The van der Waals surface area contributed by atoms with Gasteiger partial charge in [-0.2, -0.15) is 0 Å². The standard InChI is InChI=1S/C12H13ClN4/c13-11-7-14-9(5-15-11)10-6-16-12(17-10)8-3-1-2-4-8/h5-8H,1-4H2,(H,16,17). The first-order chi connectivity index (χ1) is 8.33. The van der Waals surface area contributed by atoms with Crippen molar-refractivity contribution in [3.63, 3.8) is 0 Å². The molecule has 88 valence electrons. The number of hydrogen-bond donors (Lipinski definition) is 1. The van der Waals surface area contributed by atoms with E-state index in [9.17, 15) is 0 Å². The van der Waals surface area contributed by atoms with E-state index in [1.807, 2.05) is 6.20 Å². The minimum absolute atomic E-state index is 0.407. The van der Waals surface area contributed by atoms with Crippen molar-refractivity contribution < 1.29 is 0 Å². The van der Waals surface area contributed by atoms with E-state index >= 15 is 0 Å². The van der Waals surface area contributed by atoms with E-state index in [4.69, 9.17) is 11.6 Å². The number of imidazole rings is 1. The van der Waals surface area contributed by atoms with E-state index in [2.05, 4.69) is 19.9 Å². The van der Waals surface area contributed by atoms with E-state index in [0.29, 0.717) is 11.1 Å². The van der Waals surface area contributed by atoms with Crippen LogP contribution in [-0.4, -0.2) is 19.9 Å². The van der Waals surface area contributed by atoms with Crippen molar-refractivity contribution in [2.24, 2.45) is 0 Å². The monoisotopic (exact) mass is 248 g/mol. The van der Waals surface area contributed by atoms with Crippen LogP contribution < -0.4 is 0 Å². The van der Waals surface area contributed by atoms with Gasteiger partial charge in [-0.3, -0.25) is 0 Å². The average Bonchev–Trinajstić information content (AvgIpc) is 3.00. The summed E-state index contributed by atoms with van der Waals surface area (Å²) in [5.74, 6) is 1.67. The highest BCUT2D eigenvalue weighted by Gasteiger charge is 2.20. The maximum absolute atomic E-state index is 5.71. The molecule has 0 saturated heterocycles. The summed E-state index contributed by atoms with van der Waals surface area (Å²) in [7, 11) is 0. The van der Waals surface area contributed by atoms with Gasteiger partial charge in [0.1, 0.15) is 16.7 Å². The van der Waals surface area contributed by atoms with Crippen molar-refractivity contribution in [2.45, 2.75) is 31.6 Å². The van der Waals surface area contributed by atoms with Gasteiger partial charge in [-0.05, 0) is 12.8 Å². The fraction of sp³-hybridized carbons (Fsp3) is 0.417. The lowest BCUT2D eigenvalue weighted by Crippen LogP contribution is -1.94. The Bertz CT molecular complexity index is 499. The molecule has 0 aromatic carbocycles. The molecule has 1 aliphatic carbocycles. The van der Waals surface area contributed by atoms with Crippen LogP contribution in [0.3, 0.4) is 0 Å². The SMILES string of the molecule is Clc1cnc(-c2cnc(C3CCCC3)[nH]2)cn1. The van der Waals surface area contributed by atoms with Crippen molar-refractivity contribution in [2.75, 3.05) is 0 Å². The number of aromatic amines is 1. The third kappa shape index (κ3) is 2.17. The molecule has 1 fully saturated rings. The number of hydrogen-bond acceptors (Lipinski definition) is 3. The van der Waals surface area contributed by atoms with Crippen LogP contribution in [0.4, 0.5) is 0 Å².